The van der Waals surface area contributed by atoms with Gasteiger partial charge in [-0.1, -0.05) is 31.2 Å². The van der Waals surface area contributed by atoms with Crippen LogP contribution in [0.1, 0.15) is 37.3 Å². The summed E-state index contributed by atoms with van der Waals surface area (Å²) < 4.78 is 0. The summed E-state index contributed by atoms with van der Waals surface area (Å²) in [5, 5.41) is 12.8. The zero-order valence-corrected chi connectivity index (χ0v) is 10.2. The molecule has 0 heterocycles. The molecule has 0 saturated heterocycles. The second-order valence-corrected chi connectivity index (χ2v) is 5.05. The zero-order valence-electron chi connectivity index (χ0n) is 10.2. The van der Waals surface area contributed by atoms with E-state index in [2.05, 4.69) is 43.4 Å². The van der Waals surface area contributed by atoms with Gasteiger partial charge in [0, 0.05) is 18.0 Å². The monoisotopic (exact) mass is 219 g/mol. The van der Waals surface area contributed by atoms with Crippen LogP contribution in [-0.4, -0.2) is 23.8 Å². The lowest BCUT2D eigenvalue weighted by molar-refractivity contribution is 0.167. The predicted molar refractivity (Wildman–Crippen MR) is 66.7 cm³/mol. The molecule has 2 N–H and O–H groups in total. The van der Waals surface area contributed by atoms with E-state index >= 15 is 0 Å². The van der Waals surface area contributed by atoms with Crippen molar-refractivity contribution in [3.8, 4) is 0 Å². The lowest BCUT2D eigenvalue weighted by Crippen LogP contribution is -2.47. The summed E-state index contributed by atoms with van der Waals surface area (Å²) in [4.78, 5) is 0. The van der Waals surface area contributed by atoms with Gasteiger partial charge in [0.05, 0.1) is 6.61 Å². The number of nitrogens with one attached hydrogen (secondary N) is 1. The van der Waals surface area contributed by atoms with Gasteiger partial charge in [-0.2, -0.15) is 0 Å². The summed E-state index contributed by atoms with van der Waals surface area (Å²) in [6.45, 7) is 5.37. The number of fused-ring (bicyclic) bond motifs is 1. The van der Waals surface area contributed by atoms with Crippen LogP contribution in [0.5, 0.6) is 0 Å². The molecule has 2 atom stereocenters. The van der Waals surface area contributed by atoms with Gasteiger partial charge < -0.3 is 10.4 Å². The predicted octanol–water partition coefficient (Wildman–Crippen LogP) is 2.08. The first kappa shape index (κ1) is 11.6. The van der Waals surface area contributed by atoms with E-state index in [1.165, 1.54) is 17.5 Å². The normalized spacial score (nSPS) is 22.1. The van der Waals surface area contributed by atoms with Gasteiger partial charge in [-0.05, 0) is 30.9 Å². The van der Waals surface area contributed by atoms with Crippen molar-refractivity contribution < 1.29 is 5.11 Å². The van der Waals surface area contributed by atoms with Crippen LogP contribution < -0.4 is 5.32 Å². The third-order valence-electron chi connectivity index (χ3n) is 3.87. The molecule has 0 amide bonds. The van der Waals surface area contributed by atoms with Crippen LogP contribution in [0, 0.1) is 0 Å². The molecule has 2 unspecified atom stereocenters. The summed E-state index contributed by atoms with van der Waals surface area (Å²) in [6.07, 6.45) is 2.13. The SMILES string of the molecule is CCC(C)(CO)NCC1Cc2ccccc21. The topological polar surface area (TPSA) is 32.3 Å². The highest BCUT2D eigenvalue weighted by atomic mass is 16.3. The van der Waals surface area contributed by atoms with Gasteiger partial charge in [0.1, 0.15) is 0 Å². The van der Waals surface area contributed by atoms with E-state index in [1.54, 1.807) is 0 Å². The fraction of sp³-hybridized carbons (Fsp3) is 0.571. The molecule has 0 radical (unpaired) electrons. The minimum absolute atomic E-state index is 0.121. The van der Waals surface area contributed by atoms with E-state index in [-0.39, 0.29) is 12.1 Å². The summed E-state index contributed by atoms with van der Waals surface area (Å²) >= 11 is 0. The summed E-state index contributed by atoms with van der Waals surface area (Å²) in [6, 6.07) is 8.63. The molecular formula is C14H21NO. The highest BCUT2D eigenvalue weighted by Gasteiger charge is 2.28. The third kappa shape index (κ3) is 2.13. The Morgan fingerprint density at radius 3 is 2.81 bits per heavy atom. The second kappa shape index (κ2) is 4.56. The second-order valence-electron chi connectivity index (χ2n) is 5.05. The Morgan fingerprint density at radius 2 is 2.19 bits per heavy atom. The van der Waals surface area contributed by atoms with Crippen LogP contribution in [0.4, 0.5) is 0 Å². The Balaban J connectivity index is 1.90. The van der Waals surface area contributed by atoms with E-state index in [9.17, 15) is 5.11 Å². The van der Waals surface area contributed by atoms with Crippen LogP contribution in [0.15, 0.2) is 24.3 Å². The molecule has 2 nitrogen and oxygen atoms in total. The highest BCUT2D eigenvalue weighted by molar-refractivity contribution is 5.40. The molecule has 0 aliphatic heterocycles. The van der Waals surface area contributed by atoms with Gasteiger partial charge >= 0.3 is 0 Å². The molecule has 0 spiro atoms. The van der Waals surface area contributed by atoms with Gasteiger partial charge in [0.2, 0.25) is 0 Å². The smallest absolute Gasteiger partial charge is 0.0610 e. The van der Waals surface area contributed by atoms with Crippen molar-refractivity contribution in [3.05, 3.63) is 35.4 Å². The first-order valence-corrected chi connectivity index (χ1v) is 6.12. The van der Waals surface area contributed by atoms with Crippen molar-refractivity contribution >= 4 is 0 Å². The fourth-order valence-corrected chi connectivity index (χ4v) is 2.21. The quantitative estimate of drug-likeness (QED) is 0.794. The third-order valence-corrected chi connectivity index (χ3v) is 3.87. The largest absolute Gasteiger partial charge is 0.394 e. The minimum Gasteiger partial charge on any atom is -0.394 e. The summed E-state index contributed by atoms with van der Waals surface area (Å²) in [5.41, 5.74) is 2.84. The van der Waals surface area contributed by atoms with Crippen molar-refractivity contribution in [2.24, 2.45) is 0 Å². The number of hydrogen-bond donors (Lipinski definition) is 2. The Kier molecular flexibility index (Phi) is 3.31. The highest BCUT2D eigenvalue weighted by Crippen LogP contribution is 2.34. The molecule has 1 aromatic carbocycles. The van der Waals surface area contributed by atoms with E-state index in [0.717, 1.165) is 13.0 Å². The molecule has 1 aliphatic carbocycles. The Labute approximate surface area is 97.7 Å². The number of hydrogen-bond acceptors (Lipinski definition) is 2. The van der Waals surface area contributed by atoms with Crippen LogP contribution in [0.3, 0.4) is 0 Å². The minimum atomic E-state index is -0.121. The van der Waals surface area contributed by atoms with Crippen LogP contribution in [-0.2, 0) is 6.42 Å². The number of benzene rings is 1. The molecule has 1 aromatic rings. The Bertz CT molecular complexity index is 358. The van der Waals surface area contributed by atoms with E-state index < -0.39 is 0 Å². The first-order valence-electron chi connectivity index (χ1n) is 6.12. The molecule has 0 fully saturated rings. The zero-order chi connectivity index (χ0) is 11.6. The molecule has 0 saturated carbocycles. The molecular weight excluding hydrogens is 198 g/mol. The van der Waals surface area contributed by atoms with Gasteiger partial charge in [-0.25, -0.2) is 0 Å². The van der Waals surface area contributed by atoms with Crippen molar-refractivity contribution in [1.82, 2.24) is 5.32 Å². The molecule has 2 rings (SSSR count). The maximum atomic E-state index is 9.32. The van der Waals surface area contributed by atoms with Crippen LogP contribution in [0.25, 0.3) is 0 Å². The van der Waals surface area contributed by atoms with Crippen molar-refractivity contribution in [1.29, 1.82) is 0 Å². The first-order chi connectivity index (χ1) is 7.68. The average Bonchev–Trinajstić information content (AvgIpc) is 2.30. The number of aliphatic hydroxyl groups excluding tert-OH is 1. The molecule has 0 bridgehead atoms. The van der Waals surface area contributed by atoms with Gasteiger partial charge in [0.25, 0.3) is 0 Å². The lowest BCUT2D eigenvalue weighted by Gasteiger charge is -2.35. The number of rotatable bonds is 5. The van der Waals surface area contributed by atoms with Gasteiger partial charge in [-0.3, -0.25) is 0 Å². The Hall–Kier alpha value is -0.860. The van der Waals surface area contributed by atoms with Gasteiger partial charge in [0.15, 0.2) is 0 Å². The molecule has 2 heteroatoms. The van der Waals surface area contributed by atoms with Crippen LogP contribution >= 0.6 is 0 Å². The van der Waals surface area contributed by atoms with Crippen LogP contribution in [0.2, 0.25) is 0 Å². The lowest BCUT2D eigenvalue weighted by atomic mass is 9.77. The average molecular weight is 219 g/mol. The molecule has 88 valence electrons. The van der Waals surface area contributed by atoms with Gasteiger partial charge in [-0.15, -0.1) is 0 Å². The standard InChI is InChI=1S/C14H21NO/c1-3-14(2,10-16)15-9-12-8-11-6-4-5-7-13(11)12/h4-7,12,15-16H,3,8-10H2,1-2H3. The van der Waals surface area contributed by atoms with E-state index in [0.29, 0.717) is 5.92 Å². The summed E-state index contributed by atoms with van der Waals surface area (Å²) in [5.74, 6) is 0.633. The summed E-state index contributed by atoms with van der Waals surface area (Å²) in [7, 11) is 0. The molecule has 1 aliphatic rings. The van der Waals surface area contributed by atoms with E-state index in [1.807, 2.05) is 0 Å². The Morgan fingerprint density at radius 1 is 1.44 bits per heavy atom. The number of aliphatic hydroxyl groups is 1. The van der Waals surface area contributed by atoms with Crippen molar-refractivity contribution in [2.75, 3.05) is 13.2 Å². The van der Waals surface area contributed by atoms with E-state index in [4.69, 9.17) is 0 Å². The molecule has 16 heavy (non-hydrogen) atoms. The maximum Gasteiger partial charge on any atom is 0.0610 e. The fourth-order valence-electron chi connectivity index (χ4n) is 2.21. The molecule has 0 aromatic heterocycles. The van der Waals surface area contributed by atoms with Crippen molar-refractivity contribution in [3.63, 3.8) is 0 Å². The van der Waals surface area contributed by atoms with Crippen molar-refractivity contribution in [2.45, 2.75) is 38.1 Å². The maximum absolute atomic E-state index is 9.32.